The number of esters is 1. The largest absolute Gasteiger partial charge is 0.493 e. The molecule has 0 bridgehead atoms. The zero-order valence-electron chi connectivity index (χ0n) is 16.2. The molecular weight excluding hydrogens is 358 g/mol. The van der Waals surface area contributed by atoms with Gasteiger partial charge in [0, 0.05) is 0 Å². The number of methoxy groups -OCH3 is 1. The number of rotatable bonds is 7. The molecule has 0 spiro atoms. The molecule has 1 aliphatic rings. The topological polar surface area (TPSA) is 73.9 Å². The summed E-state index contributed by atoms with van der Waals surface area (Å²) in [6, 6.07) is 12.9. The molecule has 1 N–H and O–H groups in total. The Hall–Kier alpha value is -3.02. The zero-order valence-corrected chi connectivity index (χ0v) is 16.2. The van der Waals surface area contributed by atoms with Gasteiger partial charge >= 0.3 is 5.97 Å². The highest BCUT2D eigenvalue weighted by atomic mass is 16.5. The third-order valence-corrected chi connectivity index (χ3v) is 4.74. The molecular formula is C22H25NO5. The van der Waals surface area contributed by atoms with Crippen molar-refractivity contribution >= 4 is 11.9 Å². The van der Waals surface area contributed by atoms with E-state index in [-0.39, 0.29) is 18.6 Å². The second-order valence-electron chi connectivity index (χ2n) is 6.59. The minimum absolute atomic E-state index is 0.0401. The number of hydrogen-bond donors (Lipinski definition) is 1. The van der Waals surface area contributed by atoms with Crippen molar-refractivity contribution in [2.24, 2.45) is 0 Å². The second kappa shape index (κ2) is 9.26. The van der Waals surface area contributed by atoms with Crippen LogP contribution in [0.4, 0.5) is 0 Å². The van der Waals surface area contributed by atoms with Crippen LogP contribution in [0.15, 0.2) is 42.5 Å². The SMILES string of the molecule is CCOc1cc(C(=O)OCC(=O)N[C@H]2CCCc3ccccc32)ccc1OC. The molecule has 0 radical (unpaired) electrons. The first kappa shape index (κ1) is 19.7. The van der Waals surface area contributed by atoms with Crippen LogP contribution >= 0.6 is 0 Å². The highest BCUT2D eigenvalue weighted by molar-refractivity contribution is 5.92. The fraction of sp³-hybridized carbons (Fsp3) is 0.364. The molecule has 6 heteroatoms. The van der Waals surface area contributed by atoms with E-state index >= 15 is 0 Å². The van der Waals surface area contributed by atoms with Crippen LogP contribution in [0.1, 0.15) is 47.3 Å². The highest BCUT2D eigenvalue weighted by Gasteiger charge is 2.22. The smallest absolute Gasteiger partial charge is 0.338 e. The number of fused-ring (bicyclic) bond motifs is 1. The van der Waals surface area contributed by atoms with Crippen LogP contribution in [0, 0.1) is 0 Å². The molecule has 2 aromatic rings. The normalized spacial score (nSPS) is 15.3. The van der Waals surface area contributed by atoms with Crippen LogP contribution in [0.2, 0.25) is 0 Å². The third-order valence-electron chi connectivity index (χ3n) is 4.74. The summed E-state index contributed by atoms with van der Waals surface area (Å²) in [7, 11) is 1.53. The first-order valence-corrected chi connectivity index (χ1v) is 9.47. The predicted octanol–water partition coefficient (Wildman–Crippen LogP) is 3.44. The number of carbonyl (C=O) groups excluding carboxylic acids is 2. The maximum Gasteiger partial charge on any atom is 0.338 e. The van der Waals surface area contributed by atoms with E-state index < -0.39 is 5.97 Å². The van der Waals surface area contributed by atoms with Gasteiger partial charge in [0.1, 0.15) is 0 Å². The third kappa shape index (κ3) is 4.63. The molecule has 1 atom stereocenters. The van der Waals surface area contributed by atoms with E-state index in [9.17, 15) is 9.59 Å². The Kier molecular flexibility index (Phi) is 6.53. The molecule has 0 fully saturated rings. The molecule has 6 nitrogen and oxygen atoms in total. The van der Waals surface area contributed by atoms with Crippen molar-refractivity contribution < 1.29 is 23.8 Å². The number of ether oxygens (including phenoxy) is 3. The summed E-state index contributed by atoms with van der Waals surface area (Å²) < 4.78 is 15.8. The minimum atomic E-state index is -0.581. The van der Waals surface area contributed by atoms with Crippen LogP contribution < -0.4 is 14.8 Å². The lowest BCUT2D eigenvalue weighted by atomic mass is 9.88. The minimum Gasteiger partial charge on any atom is -0.493 e. The highest BCUT2D eigenvalue weighted by Crippen LogP contribution is 2.30. The van der Waals surface area contributed by atoms with Gasteiger partial charge in [0.25, 0.3) is 5.91 Å². The van der Waals surface area contributed by atoms with Crippen LogP contribution in [-0.2, 0) is 16.0 Å². The van der Waals surface area contributed by atoms with Crippen LogP contribution in [0.3, 0.4) is 0 Å². The van der Waals surface area contributed by atoms with Gasteiger partial charge in [-0.05, 0) is 55.5 Å². The van der Waals surface area contributed by atoms with E-state index in [0.29, 0.717) is 23.7 Å². The molecule has 0 saturated heterocycles. The van der Waals surface area contributed by atoms with Crippen molar-refractivity contribution in [3.63, 3.8) is 0 Å². The van der Waals surface area contributed by atoms with Crippen molar-refractivity contribution in [2.75, 3.05) is 20.3 Å². The number of aryl methyl sites for hydroxylation is 1. The Morgan fingerprint density at radius 3 is 2.75 bits per heavy atom. The predicted molar refractivity (Wildman–Crippen MR) is 105 cm³/mol. The van der Waals surface area contributed by atoms with E-state index in [2.05, 4.69) is 11.4 Å². The molecule has 1 amide bonds. The summed E-state index contributed by atoms with van der Waals surface area (Å²) in [5.41, 5.74) is 2.71. The molecule has 0 saturated carbocycles. The van der Waals surface area contributed by atoms with Crippen molar-refractivity contribution in [3.05, 3.63) is 59.2 Å². The fourth-order valence-electron chi connectivity index (χ4n) is 3.43. The monoisotopic (exact) mass is 383 g/mol. The summed E-state index contributed by atoms with van der Waals surface area (Å²) in [6.07, 6.45) is 2.93. The van der Waals surface area contributed by atoms with Crippen LogP contribution in [-0.4, -0.2) is 32.2 Å². The maximum absolute atomic E-state index is 12.3. The first-order valence-electron chi connectivity index (χ1n) is 9.47. The van der Waals surface area contributed by atoms with Crippen molar-refractivity contribution in [1.82, 2.24) is 5.32 Å². The Morgan fingerprint density at radius 1 is 1.14 bits per heavy atom. The summed E-state index contributed by atoms with van der Waals surface area (Å²) in [6.45, 7) is 1.96. The molecule has 0 heterocycles. The standard InChI is InChI=1S/C22H25NO5/c1-3-27-20-13-16(11-12-19(20)26-2)22(25)28-14-21(24)23-18-10-6-8-15-7-4-5-9-17(15)18/h4-5,7,9,11-13,18H,3,6,8,10,14H2,1-2H3,(H,23,24)/t18-/m0/s1. The van der Waals surface area contributed by atoms with Gasteiger partial charge in [-0.2, -0.15) is 0 Å². The second-order valence-corrected chi connectivity index (χ2v) is 6.59. The zero-order chi connectivity index (χ0) is 19.9. The summed E-state index contributed by atoms with van der Waals surface area (Å²) in [5.74, 6) is 0.103. The maximum atomic E-state index is 12.3. The summed E-state index contributed by atoms with van der Waals surface area (Å²) in [5, 5.41) is 2.97. The van der Waals surface area contributed by atoms with Gasteiger partial charge in [0.05, 0.1) is 25.3 Å². The molecule has 3 rings (SSSR count). The lowest BCUT2D eigenvalue weighted by Gasteiger charge is -2.26. The Bertz CT molecular complexity index is 849. The van der Waals surface area contributed by atoms with Gasteiger partial charge < -0.3 is 19.5 Å². The van der Waals surface area contributed by atoms with Gasteiger partial charge in [-0.3, -0.25) is 4.79 Å². The molecule has 0 aromatic heterocycles. The van der Waals surface area contributed by atoms with E-state index in [1.165, 1.54) is 12.7 Å². The summed E-state index contributed by atoms with van der Waals surface area (Å²) >= 11 is 0. The number of benzene rings is 2. The lowest BCUT2D eigenvalue weighted by Crippen LogP contribution is -2.34. The van der Waals surface area contributed by atoms with E-state index in [1.54, 1.807) is 18.2 Å². The Morgan fingerprint density at radius 2 is 1.96 bits per heavy atom. The molecule has 2 aromatic carbocycles. The van der Waals surface area contributed by atoms with Crippen LogP contribution in [0.25, 0.3) is 0 Å². The number of carbonyl (C=O) groups is 2. The molecule has 0 aliphatic heterocycles. The van der Waals surface area contributed by atoms with Gasteiger partial charge in [0.2, 0.25) is 0 Å². The molecule has 1 aliphatic carbocycles. The Balaban J connectivity index is 1.58. The molecule has 28 heavy (non-hydrogen) atoms. The van der Waals surface area contributed by atoms with Gasteiger partial charge in [-0.1, -0.05) is 24.3 Å². The molecule has 0 unspecified atom stereocenters. The van der Waals surface area contributed by atoms with Gasteiger partial charge in [-0.15, -0.1) is 0 Å². The van der Waals surface area contributed by atoms with Crippen molar-refractivity contribution in [1.29, 1.82) is 0 Å². The fourth-order valence-corrected chi connectivity index (χ4v) is 3.43. The van der Waals surface area contributed by atoms with Gasteiger partial charge in [-0.25, -0.2) is 4.79 Å². The van der Waals surface area contributed by atoms with Gasteiger partial charge in [0.15, 0.2) is 18.1 Å². The van der Waals surface area contributed by atoms with E-state index in [1.807, 2.05) is 25.1 Å². The quantitative estimate of drug-likeness (QED) is 0.742. The number of amides is 1. The Labute approximate surface area is 164 Å². The average Bonchev–Trinajstić information content (AvgIpc) is 2.72. The van der Waals surface area contributed by atoms with E-state index in [0.717, 1.165) is 24.8 Å². The number of hydrogen-bond acceptors (Lipinski definition) is 5. The van der Waals surface area contributed by atoms with Crippen LogP contribution in [0.5, 0.6) is 11.5 Å². The van der Waals surface area contributed by atoms with Crippen molar-refractivity contribution in [2.45, 2.75) is 32.2 Å². The first-order chi connectivity index (χ1) is 13.6. The lowest BCUT2D eigenvalue weighted by molar-refractivity contribution is -0.125. The molecule has 148 valence electrons. The summed E-state index contributed by atoms with van der Waals surface area (Å²) in [4.78, 5) is 24.6. The van der Waals surface area contributed by atoms with Crippen molar-refractivity contribution in [3.8, 4) is 11.5 Å². The average molecular weight is 383 g/mol. The van der Waals surface area contributed by atoms with E-state index in [4.69, 9.17) is 14.2 Å². The number of nitrogens with one attached hydrogen (secondary N) is 1.